The molecular weight excluding hydrogens is 376 g/mol. The van der Waals surface area contributed by atoms with Crippen molar-refractivity contribution in [3.63, 3.8) is 0 Å². The molecule has 2 N–H and O–H groups in total. The van der Waals surface area contributed by atoms with Crippen LogP contribution in [0.5, 0.6) is 0 Å². The van der Waals surface area contributed by atoms with Gasteiger partial charge in [-0.2, -0.15) is 0 Å². The minimum Gasteiger partial charge on any atom is -0.379 e. The molecule has 7 nitrogen and oxygen atoms in total. The number of guanidine groups is 1. The second kappa shape index (κ2) is 12.0. The number of likely N-dealkylation sites (tertiary alicyclic amines) is 1. The van der Waals surface area contributed by atoms with Crippen molar-refractivity contribution >= 4 is 15.8 Å². The van der Waals surface area contributed by atoms with E-state index in [0.717, 1.165) is 25.6 Å². The Morgan fingerprint density at radius 3 is 2.54 bits per heavy atom. The van der Waals surface area contributed by atoms with Gasteiger partial charge in [-0.3, -0.25) is 9.89 Å². The first kappa shape index (κ1) is 22.6. The van der Waals surface area contributed by atoms with Gasteiger partial charge < -0.3 is 15.4 Å². The van der Waals surface area contributed by atoms with E-state index in [1.54, 1.807) is 0 Å². The Morgan fingerprint density at radius 2 is 1.89 bits per heavy atom. The lowest BCUT2D eigenvalue weighted by molar-refractivity contribution is 0.154. The minimum atomic E-state index is -2.98. The van der Waals surface area contributed by atoms with E-state index in [2.05, 4.69) is 39.8 Å². The topological polar surface area (TPSA) is 83.0 Å². The Kier molecular flexibility index (Phi) is 9.73. The van der Waals surface area contributed by atoms with Crippen molar-refractivity contribution in [1.82, 2.24) is 15.5 Å². The fourth-order valence-corrected chi connectivity index (χ4v) is 3.65. The molecule has 1 aromatic rings. The van der Waals surface area contributed by atoms with E-state index in [1.165, 1.54) is 24.7 Å². The summed E-state index contributed by atoms with van der Waals surface area (Å²) in [5.74, 6) is 0.810. The highest BCUT2D eigenvalue weighted by atomic mass is 32.2. The fourth-order valence-electron chi connectivity index (χ4n) is 3.23. The van der Waals surface area contributed by atoms with Crippen LogP contribution in [-0.2, 0) is 14.6 Å². The molecular formula is C20H34N4O3S. The molecule has 1 saturated heterocycles. The van der Waals surface area contributed by atoms with Gasteiger partial charge in [-0.05, 0) is 38.4 Å². The molecule has 1 aliphatic rings. The van der Waals surface area contributed by atoms with Crippen LogP contribution >= 0.6 is 0 Å². The molecule has 2 rings (SSSR count). The van der Waals surface area contributed by atoms with Crippen molar-refractivity contribution in [3.05, 3.63) is 35.9 Å². The molecule has 1 unspecified atom stereocenters. The maximum atomic E-state index is 11.1. The number of sulfone groups is 1. The van der Waals surface area contributed by atoms with Crippen LogP contribution in [0.4, 0.5) is 0 Å². The van der Waals surface area contributed by atoms with Crippen molar-refractivity contribution in [2.24, 2.45) is 4.99 Å². The SMILES string of the molecule is CCNC(=NCC(c1ccccc1)N1CCCC1)NCCOCCS(C)(=O)=O. The average molecular weight is 411 g/mol. The molecule has 0 aromatic heterocycles. The van der Waals surface area contributed by atoms with Crippen molar-refractivity contribution in [2.75, 3.05) is 57.9 Å². The fraction of sp³-hybridized carbons (Fsp3) is 0.650. The van der Waals surface area contributed by atoms with Crippen molar-refractivity contribution in [1.29, 1.82) is 0 Å². The summed E-state index contributed by atoms with van der Waals surface area (Å²) < 4.78 is 27.6. The smallest absolute Gasteiger partial charge is 0.191 e. The van der Waals surface area contributed by atoms with Gasteiger partial charge in [-0.1, -0.05) is 30.3 Å². The zero-order valence-electron chi connectivity index (χ0n) is 17.1. The summed E-state index contributed by atoms with van der Waals surface area (Å²) in [7, 11) is -2.98. The Labute approximate surface area is 169 Å². The summed E-state index contributed by atoms with van der Waals surface area (Å²) in [6.45, 7) is 6.98. The first-order valence-corrected chi connectivity index (χ1v) is 12.1. The maximum Gasteiger partial charge on any atom is 0.191 e. The van der Waals surface area contributed by atoms with Crippen LogP contribution in [0.25, 0.3) is 0 Å². The molecule has 0 radical (unpaired) electrons. The highest BCUT2D eigenvalue weighted by molar-refractivity contribution is 7.90. The van der Waals surface area contributed by atoms with Crippen LogP contribution in [-0.4, -0.2) is 77.2 Å². The predicted molar refractivity (Wildman–Crippen MR) is 115 cm³/mol. The van der Waals surface area contributed by atoms with Gasteiger partial charge in [-0.25, -0.2) is 8.42 Å². The van der Waals surface area contributed by atoms with Gasteiger partial charge in [0.1, 0.15) is 9.84 Å². The number of benzene rings is 1. The molecule has 0 aliphatic carbocycles. The van der Waals surface area contributed by atoms with Gasteiger partial charge >= 0.3 is 0 Å². The second-order valence-electron chi connectivity index (χ2n) is 7.06. The first-order chi connectivity index (χ1) is 13.5. The van der Waals surface area contributed by atoms with E-state index in [4.69, 9.17) is 9.73 Å². The van der Waals surface area contributed by atoms with E-state index < -0.39 is 9.84 Å². The lowest BCUT2D eigenvalue weighted by atomic mass is 10.1. The summed E-state index contributed by atoms with van der Waals surface area (Å²) in [5, 5.41) is 6.53. The molecule has 0 bridgehead atoms. The van der Waals surface area contributed by atoms with Crippen molar-refractivity contribution in [2.45, 2.75) is 25.8 Å². The summed E-state index contributed by atoms with van der Waals surface area (Å²) in [6, 6.07) is 10.8. The van der Waals surface area contributed by atoms with E-state index in [-0.39, 0.29) is 18.4 Å². The summed E-state index contributed by atoms with van der Waals surface area (Å²) in [5.41, 5.74) is 1.30. The standard InChI is InChI=1S/C20H34N4O3S/c1-3-21-20(22-11-14-27-15-16-28(2,25)26)23-17-19(24-12-7-8-13-24)18-9-5-4-6-10-18/h4-6,9-10,19H,3,7-8,11-17H2,1-2H3,(H2,21,22,23). The van der Waals surface area contributed by atoms with Gasteiger partial charge in [-0.15, -0.1) is 0 Å². The Hall–Kier alpha value is -1.64. The molecule has 1 aliphatic heterocycles. The minimum absolute atomic E-state index is 0.0513. The van der Waals surface area contributed by atoms with E-state index in [1.807, 2.05) is 13.0 Å². The molecule has 1 heterocycles. The number of nitrogens with one attached hydrogen (secondary N) is 2. The van der Waals surface area contributed by atoms with Crippen LogP contribution in [0.2, 0.25) is 0 Å². The number of ether oxygens (including phenoxy) is 1. The maximum absolute atomic E-state index is 11.1. The Balaban J connectivity index is 1.87. The normalized spacial score (nSPS) is 16.9. The lowest BCUT2D eigenvalue weighted by Gasteiger charge is -2.27. The van der Waals surface area contributed by atoms with Crippen LogP contribution in [0.1, 0.15) is 31.4 Å². The predicted octanol–water partition coefficient (Wildman–Crippen LogP) is 1.44. The van der Waals surface area contributed by atoms with Gasteiger partial charge in [0, 0.05) is 19.3 Å². The molecule has 8 heteroatoms. The average Bonchev–Trinajstić information content (AvgIpc) is 3.19. The van der Waals surface area contributed by atoms with Gasteiger partial charge in [0.05, 0.1) is 31.6 Å². The third-order valence-corrected chi connectivity index (χ3v) is 5.58. The monoisotopic (exact) mass is 410 g/mol. The number of hydrogen-bond acceptors (Lipinski definition) is 5. The largest absolute Gasteiger partial charge is 0.379 e. The summed E-state index contributed by atoms with van der Waals surface area (Å²) >= 11 is 0. The van der Waals surface area contributed by atoms with Gasteiger partial charge in [0.15, 0.2) is 5.96 Å². The first-order valence-electron chi connectivity index (χ1n) is 10.1. The quantitative estimate of drug-likeness (QED) is 0.326. The van der Waals surface area contributed by atoms with E-state index >= 15 is 0 Å². The van der Waals surface area contributed by atoms with Crippen LogP contribution in [0.3, 0.4) is 0 Å². The third kappa shape index (κ3) is 8.58. The second-order valence-corrected chi connectivity index (χ2v) is 9.32. The van der Waals surface area contributed by atoms with Crippen LogP contribution in [0, 0.1) is 0 Å². The molecule has 0 spiro atoms. The molecule has 0 amide bonds. The Bertz CT molecular complexity index is 689. The summed E-state index contributed by atoms with van der Waals surface area (Å²) in [6.07, 6.45) is 3.71. The van der Waals surface area contributed by atoms with Crippen molar-refractivity contribution in [3.8, 4) is 0 Å². The molecule has 158 valence electrons. The molecule has 0 saturated carbocycles. The molecule has 1 fully saturated rings. The third-order valence-electron chi connectivity index (χ3n) is 4.67. The Morgan fingerprint density at radius 1 is 1.18 bits per heavy atom. The molecule has 1 atom stereocenters. The van der Waals surface area contributed by atoms with E-state index in [0.29, 0.717) is 19.7 Å². The molecule has 1 aromatic carbocycles. The zero-order valence-corrected chi connectivity index (χ0v) is 17.9. The zero-order chi connectivity index (χ0) is 20.2. The van der Waals surface area contributed by atoms with Crippen molar-refractivity contribution < 1.29 is 13.2 Å². The van der Waals surface area contributed by atoms with Crippen LogP contribution in [0.15, 0.2) is 35.3 Å². The lowest BCUT2D eigenvalue weighted by Crippen LogP contribution is -2.40. The highest BCUT2D eigenvalue weighted by Crippen LogP contribution is 2.25. The molecule has 28 heavy (non-hydrogen) atoms. The number of aliphatic imine (C=N–C) groups is 1. The number of hydrogen-bond donors (Lipinski definition) is 2. The number of rotatable bonds is 11. The highest BCUT2D eigenvalue weighted by Gasteiger charge is 2.23. The van der Waals surface area contributed by atoms with Crippen LogP contribution < -0.4 is 10.6 Å². The summed E-state index contributed by atoms with van der Waals surface area (Å²) in [4.78, 5) is 7.30. The number of nitrogens with zero attached hydrogens (tertiary/aromatic N) is 2. The van der Waals surface area contributed by atoms with E-state index in [9.17, 15) is 8.42 Å². The van der Waals surface area contributed by atoms with Gasteiger partial charge in [0.25, 0.3) is 0 Å². The van der Waals surface area contributed by atoms with Gasteiger partial charge in [0.2, 0.25) is 0 Å².